The van der Waals surface area contributed by atoms with Crippen molar-refractivity contribution in [3.05, 3.63) is 11.1 Å². The van der Waals surface area contributed by atoms with Crippen LogP contribution in [0.25, 0.3) is 11.2 Å². The van der Waals surface area contributed by atoms with E-state index in [1.54, 1.807) is 17.9 Å². The molecule has 0 bridgehead atoms. The summed E-state index contributed by atoms with van der Waals surface area (Å²) in [5.41, 5.74) is 1.28. The number of aliphatic hydroxyl groups excluding tert-OH is 1. The summed E-state index contributed by atoms with van der Waals surface area (Å²) in [6, 6.07) is 0. The van der Waals surface area contributed by atoms with E-state index < -0.39 is 12.3 Å². The monoisotopic (exact) mass is 281 g/mol. The number of aliphatic hydroxyl groups is 1. The van der Waals surface area contributed by atoms with Gasteiger partial charge in [0.25, 0.3) is 0 Å². The number of H-pyrrole nitrogens is 1. The first-order chi connectivity index (χ1) is 9.10. The second-order valence-electron chi connectivity index (χ2n) is 4.63. The summed E-state index contributed by atoms with van der Waals surface area (Å²) in [5, 5.41) is 13.0. The standard InChI is InChI=1S/C11H15N5O2S/c1-5-3-6(17)10(18-5)16-4-13-7-8(12-2)14-11(19)15-9(7)16/h4-6,10,17H,3H2,1-2H3,(H2,12,14,15,19)/t5?,6-,10?/m1/s1. The first-order valence-electron chi connectivity index (χ1n) is 6.08. The molecule has 2 unspecified atom stereocenters. The number of nitrogens with one attached hydrogen (secondary N) is 2. The summed E-state index contributed by atoms with van der Waals surface area (Å²) in [4.78, 5) is 11.5. The lowest BCUT2D eigenvalue weighted by Crippen LogP contribution is -2.19. The van der Waals surface area contributed by atoms with Gasteiger partial charge in [-0.1, -0.05) is 0 Å². The number of imidazole rings is 1. The van der Waals surface area contributed by atoms with Crippen LogP contribution in [0.5, 0.6) is 0 Å². The summed E-state index contributed by atoms with van der Waals surface area (Å²) in [7, 11) is 1.78. The Morgan fingerprint density at radius 2 is 2.42 bits per heavy atom. The van der Waals surface area contributed by atoms with Crippen LogP contribution in [0.1, 0.15) is 19.6 Å². The van der Waals surface area contributed by atoms with Gasteiger partial charge in [0.2, 0.25) is 0 Å². The number of ether oxygens (including phenoxy) is 1. The molecular weight excluding hydrogens is 266 g/mol. The number of hydrogen-bond donors (Lipinski definition) is 3. The third kappa shape index (κ3) is 2.01. The SMILES string of the molecule is CNc1[nH]c(=S)nc2c1ncn2C1OC(C)C[C@H]1O. The molecule has 2 aromatic rings. The van der Waals surface area contributed by atoms with Gasteiger partial charge in [-0.2, -0.15) is 4.98 Å². The molecule has 3 atom stereocenters. The van der Waals surface area contributed by atoms with Crippen LogP contribution in [0, 0.1) is 4.77 Å². The second-order valence-corrected chi connectivity index (χ2v) is 5.02. The van der Waals surface area contributed by atoms with E-state index >= 15 is 0 Å². The maximum Gasteiger partial charge on any atom is 0.200 e. The highest BCUT2D eigenvalue weighted by atomic mass is 32.1. The van der Waals surface area contributed by atoms with Gasteiger partial charge in [0.05, 0.1) is 12.4 Å². The molecule has 0 amide bonds. The first-order valence-corrected chi connectivity index (χ1v) is 6.49. The Hall–Kier alpha value is -1.51. The van der Waals surface area contributed by atoms with Crippen LogP contribution in [-0.2, 0) is 4.74 Å². The second kappa shape index (κ2) is 4.55. The molecule has 0 radical (unpaired) electrons. The molecule has 2 aromatic heterocycles. The van der Waals surface area contributed by atoms with Gasteiger partial charge in [-0.3, -0.25) is 4.57 Å². The largest absolute Gasteiger partial charge is 0.388 e. The van der Waals surface area contributed by atoms with Gasteiger partial charge in [-0.25, -0.2) is 4.98 Å². The molecule has 1 aliphatic heterocycles. The third-order valence-electron chi connectivity index (χ3n) is 3.24. The van der Waals surface area contributed by atoms with Crippen molar-refractivity contribution in [2.75, 3.05) is 12.4 Å². The van der Waals surface area contributed by atoms with E-state index in [9.17, 15) is 5.11 Å². The molecule has 19 heavy (non-hydrogen) atoms. The maximum atomic E-state index is 10.0. The number of rotatable bonds is 2. The number of aromatic nitrogens is 4. The first kappa shape index (κ1) is 12.5. The molecule has 1 aliphatic rings. The molecule has 7 nitrogen and oxygen atoms in total. The van der Waals surface area contributed by atoms with Crippen molar-refractivity contribution in [2.24, 2.45) is 0 Å². The minimum atomic E-state index is -0.565. The van der Waals surface area contributed by atoms with Crippen molar-refractivity contribution in [3.63, 3.8) is 0 Å². The minimum Gasteiger partial charge on any atom is -0.388 e. The molecule has 3 rings (SSSR count). The minimum absolute atomic E-state index is 0.0134. The Kier molecular flexibility index (Phi) is 3.00. The zero-order valence-electron chi connectivity index (χ0n) is 10.6. The molecule has 0 spiro atoms. The fourth-order valence-electron chi connectivity index (χ4n) is 2.39. The van der Waals surface area contributed by atoms with E-state index in [0.29, 0.717) is 28.2 Å². The number of nitrogens with zero attached hydrogens (tertiary/aromatic N) is 3. The van der Waals surface area contributed by atoms with Gasteiger partial charge in [0.1, 0.15) is 17.4 Å². The molecule has 3 heterocycles. The summed E-state index contributed by atoms with van der Waals surface area (Å²) in [6.45, 7) is 1.93. The van der Waals surface area contributed by atoms with Crippen LogP contribution >= 0.6 is 12.2 Å². The Morgan fingerprint density at radius 1 is 1.63 bits per heavy atom. The fraction of sp³-hybridized carbons (Fsp3) is 0.545. The molecule has 1 fully saturated rings. The van der Waals surface area contributed by atoms with E-state index in [1.807, 2.05) is 6.92 Å². The van der Waals surface area contributed by atoms with Gasteiger partial charge in [0, 0.05) is 13.5 Å². The summed E-state index contributed by atoms with van der Waals surface area (Å²) >= 11 is 5.10. The summed E-state index contributed by atoms with van der Waals surface area (Å²) in [5.74, 6) is 0.703. The molecule has 0 aliphatic carbocycles. The van der Waals surface area contributed by atoms with E-state index in [0.717, 1.165) is 0 Å². The van der Waals surface area contributed by atoms with Crippen LogP contribution in [0.4, 0.5) is 5.82 Å². The number of fused-ring (bicyclic) bond motifs is 1. The van der Waals surface area contributed by atoms with Crippen LogP contribution in [0.2, 0.25) is 0 Å². The molecule has 102 valence electrons. The van der Waals surface area contributed by atoms with E-state index in [1.165, 1.54) is 0 Å². The van der Waals surface area contributed by atoms with Crippen LogP contribution in [-0.4, -0.2) is 43.9 Å². The highest BCUT2D eigenvalue weighted by Gasteiger charge is 2.34. The van der Waals surface area contributed by atoms with Crippen LogP contribution in [0.15, 0.2) is 6.33 Å². The Balaban J connectivity index is 2.15. The molecule has 0 aromatic carbocycles. The van der Waals surface area contributed by atoms with Crippen molar-refractivity contribution in [2.45, 2.75) is 31.8 Å². The Bertz CT molecular complexity index is 667. The van der Waals surface area contributed by atoms with Crippen molar-refractivity contribution in [1.29, 1.82) is 0 Å². The lowest BCUT2D eigenvalue weighted by atomic mass is 10.2. The van der Waals surface area contributed by atoms with Gasteiger partial charge in [-0.05, 0) is 19.1 Å². The zero-order valence-corrected chi connectivity index (χ0v) is 11.4. The molecule has 1 saturated heterocycles. The topological polar surface area (TPSA) is 88.0 Å². The molecule has 0 saturated carbocycles. The van der Waals surface area contributed by atoms with Crippen LogP contribution in [0.3, 0.4) is 0 Å². The molecule has 8 heteroatoms. The van der Waals surface area contributed by atoms with Gasteiger partial charge in [-0.15, -0.1) is 0 Å². The van der Waals surface area contributed by atoms with Gasteiger partial charge < -0.3 is 20.1 Å². The highest BCUT2D eigenvalue weighted by molar-refractivity contribution is 7.71. The quantitative estimate of drug-likeness (QED) is 0.717. The normalized spacial score (nSPS) is 27.0. The average Bonchev–Trinajstić information content (AvgIpc) is 2.91. The zero-order chi connectivity index (χ0) is 13.6. The molecular formula is C11H15N5O2S. The Morgan fingerprint density at radius 3 is 3.05 bits per heavy atom. The van der Waals surface area contributed by atoms with Gasteiger partial charge >= 0.3 is 0 Å². The van der Waals surface area contributed by atoms with Crippen molar-refractivity contribution >= 4 is 29.2 Å². The number of aromatic amines is 1. The lowest BCUT2D eigenvalue weighted by molar-refractivity contribution is -0.0297. The number of hydrogen-bond acceptors (Lipinski definition) is 6. The van der Waals surface area contributed by atoms with E-state index in [2.05, 4.69) is 20.3 Å². The van der Waals surface area contributed by atoms with E-state index in [-0.39, 0.29) is 6.10 Å². The molecule has 3 N–H and O–H groups in total. The van der Waals surface area contributed by atoms with Gasteiger partial charge in [0.15, 0.2) is 16.6 Å². The predicted octanol–water partition coefficient (Wildman–Crippen LogP) is 1.20. The summed E-state index contributed by atoms with van der Waals surface area (Å²) in [6.07, 6.45) is 1.20. The van der Waals surface area contributed by atoms with Crippen molar-refractivity contribution in [1.82, 2.24) is 19.5 Å². The lowest BCUT2D eigenvalue weighted by Gasteiger charge is -2.16. The predicted molar refractivity (Wildman–Crippen MR) is 72.5 cm³/mol. The number of anilines is 1. The average molecular weight is 281 g/mol. The maximum absolute atomic E-state index is 10.0. The highest BCUT2D eigenvalue weighted by Crippen LogP contribution is 2.31. The van der Waals surface area contributed by atoms with Crippen molar-refractivity contribution < 1.29 is 9.84 Å². The summed E-state index contributed by atoms with van der Waals surface area (Å²) < 4.78 is 7.80. The van der Waals surface area contributed by atoms with Crippen LogP contribution < -0.4 is 5.32 Å². The smallest absolute Gasteiger partial charge is 0.200 e. The fourth-order valence-corrected chi connectivity index (χ4v) is 2.58. The Labute approximate surface area is 114 Å². The third-order valence-corrected chi connectivity index (χ3v) is 3.44. The van der Waals surface area contributed by atoms with Crippen molar-refractivity contribution in [3.8, 4) is 0 Å². The van der Waals surface area contributed by atoms with E-state index in [4.69, 9.17) is 17.0 Å².